The van der Waals surface area contributed by atoms with Gasteiger partial charge >= 0.3 is 5.97 Å². The number of hydrogen-bond donors (Lipinski definition) is 2. The van der Waals surface area contributed by atoms with E-state index in [0.29, 0.717) is 10.6 Å². The molecule has 0 spiro atoms. The van der Waals surface area contributed by atoms with Crippen molar-refractivity contribution in [3.8, 4) is 0 Å². The van der Waals surface area contributed by atoms with E-state index in [1.54, 1.807) is 13.8 Å². The highest BCUT2D eigenvalue weighted by Crippen LogP contribution is 2.33. The average molecular weight is 324 g/mol. The molecular formula is C15H20N2O4S. The molecule has 0 bridgehead atoms. The molecule has 0 aromatic carbocycles. The quantitative estimate of drug-likeness (QED) is 0.813. The van der Waals surface area contributed by atoms with Crippen LogP contribution in [0.1, 0.15) is 47.5 Å². The molecule has 1 fully saturated rings. The lowest BCUT2D eigenvalue weighted by molar-refractivity contribution is -0.129. The Hall–Kier alpha value is -1.89. The number of aryl methyl sites for hydroxylation is 1. The Kier molecular flexibility index (Phi) is 4.85. The van der Waals surface area contributed by atoms with Crippen LogP contribution in [-0.2, 0) is 14.3 Å². The molecule has 1 aromatic rings. The Morgan fingerprint density at radius 2 is 1.91 bits per heavy atom. The van der Waals surface area contributed by atoms with E-state index >= 15 is 0 Å². The van der Waals surface area contributed by atoms with Crippen LogP contribution in [0.3, 0.4) is 0 Å². The minimum Gasteiger partial charge on any atom is -0.449 e. The second-order valence-corrected chi connectivity index (χ2v) is 6.72. The van der Waals surface area contributed by atoms with Gasteiger partial charge in [0, 0.05) is 17.8 Å². The van der Waals surface area contributed by atoms with Gasteiger partial charge < -0.3 is 15.4 Å². The normalized spacial score (nSPS) is 15.1. The molecule has 2 amide bonds. The number of ether oxygens (including phenoxy) is 1. The van der Waals surface area contributed by atoms with Gasteiger partial charge in [-0.1, -0.05) is 0 Å². The Morgan fingerprint density at radius 3 is 2.45 bits per heavy atom. The van der Waals surface area contributed by atoms with Gasteiger partial charge in [0.05, 0.1) is 5.56 Å². The Bertz CT molecular complexity index is 619. The summed E-state index contributed by atoms with van der Waals surface area (Å²) in [6.07, 6.45) is 1.09. The number of hydrogen-bond acceptors (Lipinski definition) is 5. The van der Waals surface area contributed by atoms with Gasteiger partial charge in [0.2, 0.25) is 5.91 Å². The second-order valence-electron chi connectivity index (χ2n) is 5.50. The highest BCUT2D eigenvalue weighted by molar-refractivity contribution is 7.16. The van der Waals surface area contributed by atoms with Gasteiger partial charge in [0.1, 0.15) is 5.00 Å². The summed E-state index contributed by atoms with van der Waals surface area (Å²) in [5.41, 5.74) is 1.08. The predicted molar refractivity (Wildman–Crippen MR) is 84.1 cm³/mol. The molecule has 1 atom stereocenters. The van der Waals surface area contributed by atoms with Crippen molar-refractivity contribution >= 4 is 34.1 Å². The number of carbonyl (C=O) groups excluding carboxylic acids is 3. The van der Waals surface area contributed by atoms with Gasteiger partial charge in [0.15, 0.2) is 6.10 Å². The summed E-state index contributed by atoms with van der Waals surface area (Å²) in [5, 5.41) is 5.89. The van der Waals surface area contributed by atoms with Crippen LogP contribution in [0.4, 0.5) is 5.00 Å². The fourth-order valence-corrected chi connectivity index (χ4v) is 3.03. The number of esters is 1. The summed E-state index contributed by atoms with van der Waals surface area (Å²) >= 11 is 1.32. The van der Waals surface area contributed by atoms with Crippen molar-refractivity contribution in [2.75, 3.05) is 5.32 Å². The largest absolute Gasteiger partial charge is 0.449 e. The van der Waals surface area contributed by atoms with Gasteiger partial charge in [-0.2, -0.15) is 0 Å². The van der Waals surface area contributed by atoms with Crippen molar-refractivity contribution < 1.29 is 19.1 Å². The SMILES string of the molecule is CC(=O)Nc1sc(C)c(C)c1C(=O)OC(C)C(=O)NC1CC1. The van der Waals surface area contributed by atoms with Gasteiger partial charge in [-0.3, -0.25) is 9.59 Å². The lowest BCUT2D eigenvalue weighted by Crippen LogP contribution is -2.37. The summed E-state index contributed by atoms with van der Waals surface area (Å²) in [5.74, 6) is -1.14. The van der Waals surface area contributed by atoms with E-state index in [-0.39, 0.29) is 17.9 Å². The molecule has 0 aliphatic heterocycles. The third-order valence-electron chi connectivity index (χ3n) is 3.46. The first kappa shape index (κ1) is 16.5. The zero-order chi connectivity index (χ0) is 16.4. The fraction of sp³-hybridized carbons (Fsp3) is 0.533. The van der Waals surface area contributed by atoms with E-state index in [1.165, 1.54) is 18.3 Å². The maximum atomic E-state index is 12.4. The summed E-state index contributed by atoms with van der Waals surface area (Å²) in [6.45, 7) is 6.58. The topological polar surface area (TPSA) is 84.5 Å². The molecular weight excluding hydrogens is 304 g/mol. The summed E-state index contributed by atoms with van der Waals surface area (Å²) in [7, 11) is 0. The van der Waals surface area contributed by atoms with Crippen molar-refractivity contribution in [3.05, 3.63) is 16.0 Å². The zero-order valence-corrected chi connectivity index (χ0v) is 13.9. The van der Waals surface area contributed by atoms with Crippen LogP contribution in [0.2, 0.25) is 0 Å². The molecule has 1 aliphatic carbocycles. The summed E-state index contributed by atoms with van der Waals surface area (Å²) in [6, 6.07) is 0.216. The number of amides is 2. The third kappa shape index (κ3) is 3.85. The molecule has 2 rings (SSSR count). The number of carbonyl (C=O) groups is 3. The Balaban J connectivity index is 2.10. The van der Waals surface area contributed by atoms with Crippen LogP contribution in [0, 0.1) is 13.8 Å². The van der Waals surface area contributed by atoms with Gasteiger partial charge in [0.25, 0.3) is 5.91 Å². The number of anilines is 1. The molecule has 1 unspecified atom stereocenters. The first-order valence-electron chi connectivity index (χ1n) is 7.18. The molecule has 0 radical (unpaired) electrons. The molecule has 6 nitrogen and oxygen atoms in total. The third-order valence-corrected chi connectivity index (χ3v) is 4.58. The maximum Gasteiger partial charge on any atom is 0.342 e. The van der Waals surface area contributed by atoms with Crippen LogP contribution in [0.5, 0.6) is 0 Å². The number of rotatable bonds is 5. The van der Waals surface area contributed by atoms with Crippen molar-refractivity contribution in [1.82, 2.24) is 5.32 Å². The Morgan fingerprint density at radius 1 is 1.27 bits per heavy atom. The molecule has 1 aliphatic rings. The van der Waals surface area contributed by atoms with Gasteiger partial charge in [-0.25, -0.2) is 4.79 Å². The molecule has 120 valence electrons. The van der Waals surface area contributed by atoms with Crippen molar-refractivity contribution in [2.45, 2.75) is 52.7 Å². The highest BCUT2D eigenvalue weighted by atomic mass is 32.1. The Labute approximate surface area is 133 Å². The predicted octanol–water partition coefficient (Wildman–Crippen LogP) is 2.15. The van der Waals surface area contributed by atoms with Gasteiger partial charge in [-0.15, -0.1) is 11.3 Å². The first-order chi connectivity index (χ1) is 10.3. The number of thiophene rings is 1. The van der Waals surface area contributed by atoms with E-state index in [9.17, 15) is 14.4 Å². The minimum absolute atomic E-state index is 0.216. The number of nitrogens with one attached hydrogen (secondary N) is 2. The van der Waals surface area contributed by atoms with Crippen LogP contribution < -0.4 is 10.6 Å². The molecule has 1 saturated carbocycles. The molecule has 22 heavy (non-hydrogen) atoms. The first-order valence-corrected chi connectivity index (χ1v) is 8.00. The van der Waals surface area contributed by atoms with E-state index in [1.807, 2.05) is 6.92 Å². The van der Waals surface area contributed by atoms with Crippen molar-refractivity contribution in [3.63, 3.8) is 0 Å². The summed E-state index contributed by atoms with van der Waals surface area (Å²) in [4.78, 5) is 36.4. The molecule has 0 saturated heterocycles. The second kappa shape index (κ2) is 6.48. The fourth-order valence-electron chi connectivity index (χ4n) is 1.94. The minimum atomic E-state index is -0.863. The standard InChI is InChI=1S/C15H20N2O4S/c1-7-9(3)22-14(16-10(4)18)12(7)15(20)21-8(2)13(19)17-11-5-6-11/h8,11H,5-6H2,1-4H3,(H,16,18)(H,17,19). The van der Waals surface area contributed by atoms with Gasteiger partial charge in [-0.05, 0) is 39.2 Å². The van der Waals surface area contributed by atoms with Crippen LogP contribution >= 0.6 is 11.3 Å². The lowest BCUT2D eigenvalue weighted by atomic mass is 10.1. The van der Waals surface area contributed by atoms with Crippen molar-refractivity contribution in [1.29, 1.82) is 0 Å². The monoisotopic (exact) mass is 324 g/mol. The van der Waals surface area contributed by atoms with E-state index in [4.69, 9.17) is 4.74 Å². The maximum absolute atomic E-state index is 12.4. The smallest absolute Gasteiger partial charge is 0.342 e. The highest BCUT2D eigenvalue weighted by Gasteiger charge is 2.29. The molecule has 7 heteroatoms. The summed E-state index contributed by atoms with van der Waals surface area (Å²) < 4.78 is 5.25. The molecule has 2 N–H and O–H groups in total. The zero-order valence-electron chi connectivity index (χ0n) is 13.1. The lowest BCUT2D eigenvalue weighted by Gasteiger charge is -2.14. The van der Waals surface area contributed by atoms with E-state index < -0.39 is 12.1 Å². The molecule has 1 aromatic heterocycles. The molecule has 1 heterocycles. The van der Waals surface area contributed by atoms with E-state index in [0.717, 1.165) is 23.3 Å². The van der Waals surface area contributed by atoms with Crippen LogP contribution in [0.25, 0.3) is 0 Å². The van der Waals surface area contributed by atoms with E-state index in [2.05, 4.69) is 10.6 Å². The van der Waals surface area contributed by atoms with Crippen LogP contribution in [0.15, 0.2) is 0 Å². The van der Waals surface area contributed by atoms with Crippen molar-refractivity contribution in [2.24, 2.45) is 0 Å². The average Bonchev–Trinajstić information content (AvgIpc) is 3.16. The van der Waals surface area contributed by atoms with Crippen LogP contribution in [-0.4, -0.2) is 29.9 Å².